The Bertz CT molecular complexity index is 432. The Morgan fingerprint density at radius 1 is 1.27 bits per heavy atom. The lowest BCUT2D eigenvalue weighted by Crippen LogP contribution is -2.24. The minimum absolute atomic E-state index is 0. The molecule has 0 aromatic heterocycles. The molecule has 1 aromatic carbocycles. The molecule has 0 aliphatic heterocycles. The molecule has 0 bridgehead atoms. The zero-order valence-electron chi connectivity index (χ0n) is 13.9. The van der Waals surface area contributed by atoms with Crippen molar-refractivity contribution < 1.29 is 5.11 Å². The van der Waals surface area contributed by atoms with Crippen molar-refractivity contribution in [3.63, 3.8) is 0 Å². The molecule has 4 N–H and O–H groups in total. The van der Waals surface area contributed by atoms with Crippen molar-refractivity contribution in [2.24, 2.45) is 22.6 Å². The molecule has 0 aliphatic carbocycles. The maximum Gasteiger partial charge on any atom is 0.193 e. The third-order valence-electron chi connectivity index (χ3n) is 3.50. The molecule has 0 amide bonds. The van der Waals surface area contributed by atoms with Gasteiger partial charge in [0.1, 0.15) is 0 Å². The summed E-state index contributed by atoms with van der Waals surface area (Å²) in [5.41, 5.74) is 8.18. The fraction of sp³-hybridized carbons (Fsp3) is 0.588. The first kappa shape index (κ1) is 21.2. The van der Waals surface area contributed by atoms with Crippen LogP contribution in [0.1, 0.15) is 39.2 Å². The van der Waals surface area contributed by atoms with Crippen LogP contribution in [0.3, 0.4) is 0 Å². The predicted octanol–water partition coefficient (Wildman–Crippen LogP) is 3.64. The van der Waals surface area contributed by atoms with E-state index in [-0.39, 0.29) is 30.6 Å². The number of nitrogens with one attached hydrogen (secondary N) is 1. The van der Waals surface area contributed by atoms with E-state index in [1.54, 1.807) is 0 Å². The monoisotopic (exact) mass is 419 g/mol. The second kappa shape index (κ2) is 11.7. The molecule has 0 radical (unpaired) electrons. The molecule has 0 saturated heterocycles. The van der Waals surface area contributed by atoms with Gasteiger partial charge in [0.15, 0.2) is 5.96 Å². The smallest absolute Gasteiger partial charge is 0.193 e. The molecule has 126 valence electrons. The Kier molecular flexibility index (Phi) is 11.3. The highest BCUT2D eigenvalue weighted by Gasteiger charge is 2.10. The van der Waals surface area contributed by atoms with Gasteiger partial charge in [-0.2, -0.15) is 0 Å². The van der Waals surface area contributed by atoms with Crippen molar-refractivity contribution in [1.29, 1.82) is 0 Å². The number of rotatable bonds is 8. The number of nitrogens with two attached hydrogens (primary N) is 1. The van der Waals surface area contributed by atoms with Crippen LogP contribution >= 0.6 is 24.0 Å². The van der Waals surface area contributed by atoms with Crippen molar-refractivity contribution >= 4 is 35.6 Å². The van der Waals surface area contributed by atoms with E-state index in [4.69, 9.17) is 10.8 Å². The highest BCUT2D eigenvalue weighted by molar-refractivity contribution is 14.0. The summed E-state index contributed by atoms with van der Waals surface area (Å²) in [5, 5.41) is 12.2. The van der Waals surface area contributed by atoms with Gasteiger partial charge in [0, 0.05) is 18.8 Å². The zero-order valence-corrected chi connectivity index (χ0v) is 16.2. The Balaban J connectivity index is 0.00000441. The summed E-state index contributed by atoms with van der Waals surface area (Å²) in [6.45, 7) is 7.37. The summed E-state index contributed by atoms with van der Waals surface area (Å²) in [6, 6.07) is 8.20. The van der Waals surface area contributed by atoms with Gasteiger partial charge in [0.2, 0.25) is 0 Å². The molecule has 0 heterocycles. The summed E-state index contributed by atoms with van der Waals surface area (Å²) in [4.78, 5) is 4.41. The van der Waals surface area contributed by atoms with Crippen LogP contribution in [0.15, 0.2) is 29.3 Å². The molecular weight excluding hydrogens is 389 g/mol. The van der Waals surface area contributed by atoms with E-state index in [2.05, 4.69) is 43.2 Å². The average molecular weight is 419 g/mol. The molecule has 1 atom stereocenters. The molecule has 4 nitrogen and oxygen atoms in total. The van der Waals surface area contributed by atoms with E-state index >= 15 is 0 Å². The number of aryl methyl sites for hydroxylation is 1. The second-order valence-corrected chi connectivity index (χ2v) is 5.91. The van der Waals surface area contributed by atoms with Crippen LogP contribution in [0.2, 0.25) is 0 Å². The van der Waals surface area contributed by atoms with Crippen LogP contribution in [0, 0.1) is 11.8 Å². The van der Waals surface area contributed by atoms with Crippen molar-refractivity contribution in [3.05, 3.63) is 29.8 Å². The van der Waals surface area contributed by atoms with E-state index in [1.807, 2.05) is 12.1 Å². The lowest BCUT2D eigenvalue weighted by Gasteiger charge is -2.16. The third-order valence-corrected chi connectivity index (χ3v) is 3.50. The molecule has 0 aliphatic rings. The van der Waals surface area contributed by atoms with Crippen LogP contribution in [0.5, 0.6) is 0 Å². The van der Waals surface area contributed by atoms with Gasteiger partial charge in [0.05, 0.1) is 0 Å². The van der Waals surface area contributed by atoms with Crippen molar-refractivity contribution in [1.82, 2.24) is 0 Å². The molecule has 5 heteroatoms. The quantitative estimate of drug-likeness (QED) is 0.342. The Morgan fingerprint density at radius 2 is 1.91 bits per heavy atom. The topological polar surface area (TPSA) is 70.6 Å². The number of aliphatic hydroxyl groups is 1. The first-order valence-electron chi connectivity index (χ1n) is 7.81. The van der Waals surface area contributed by atoms with Crippen molar-refractivity contribution in [2.75, 3.05) is 18.5 Å². The number of anilines is 1. The number of aliphatic hydroxyl groups excluding tert-OH is 1. The minimum Gasteiger partial charge on any atom is -0.396 e. The van der Waals surface area contributed by atoms with Crippen LogP contribution in [0.25, 0.3) is 0 Å². The summed E-state index contributed by atoms with van der Waals surface area (Å²) >= 11 is 0. The summed E-state index contributed by atoms with van der Waals surface area (Å²) < 4.78 is 0. The van der Waals surface area contributed by atoms with Crippen molar-refractivity contribution in [3.8, 4) is 0 Å². The number of halogens is 1. The first-order chi connectivity index (χ1) is 10.0. The fourth-order valence-electron chi connectivity index (χ4n) is 2.37. The number of hydrogen-bond acceptors (Lipinski definition) is 2. The van der Waals surface area contributed by atoms with Crippen LogP contribution in [-0.4, -0.2) is 24.2 Å². The Morgan fingerprint density at radius 3 is 2.41 bits per heavy atom. The molecule has 1 aromatic rings. The molecule has 1 unspecified atom stereocenters. The first-order valence-corrected chi connectivity index (χ1v) is 7.81. The number of guanidine groups is 1. The maximum atomic E-state index is 9.10. The van der Waals surface area contributed by atoms with Crippen LogP contribution in [-0.2, 0) is 6.42 Å². The fourth-order valence-corrected chi connectivity index (χ4v) is 2.37. The lowest BCUT2D eigenvalue weighted by atomic mass is 9.94. The Labute approximate surface area is 151 Å². The lowest BCUT2D eigenvalue weighted by molar-refractivity contribution is 0.246. The molecule has 0 fully saturated rings. The molecular formula is C17H30IN3O. The van der Waals surface area contributed by atoms with Gasteiger partial charge in [-0.25, -0.2) is 0 Å². The molecule has 1 rings (SSSR count). The zero-order chi connectivity index (χ0) is 15.7. The van der Waals surface area contributed by atoms with Gasteiger partial charge in [0.25, 0.3) is 0 Å². The molecule has 0 spiro atoms. The number of benzene rings is 1. The molecule has 0 saturated carbocycles. The number of nitrogens with zero attached hydrogens (tertiary/aromatic N) is 1. The van der Waals surface area contributed by atoms with Crippen LogP contribution in [0.4, 0.5) is 5.69 Å². The summed E-state index contributed by atoms with van der Waals surface area (Å²) in [6.07, 6.45) is 2.87. The van der Waals surface area contributed by atoms with Gasteiger partial charge < -0.3 is 16.2 Å². The highest BCUT2D eigenvalue weighted by atomic mass is 127. The van der Waals surface area contributed by atoms with Crippen molar-refractivity contribution in [2.45, 2.75) is 40.0 Å². The minimum atomic E-state index is 0. The van der Waals surface area contributed by atoms with E-state index in [1.165, 1.54) is 5.56 Å². The van der Waals surface area contributed by atoms with E-state index in [9.17, 15) is 0 Å². The average Bonchev–Trinajstić information content (AvgIpc) is 2.45. The van der Waals surface area contributed by atoms with E-state index in [0.29, 0.717) is 24.3 Å². The van der Waals surface area contributed by atoms with E-state index in [0.717, 1.165) is 24.9 Å². The van der Waals surface area contributed by atoms with Gasteiger partial charge in [-0.15, -0.1) is 24.0 Å². The largest absolute Gasteiger partial charge is 0.396 e. The highest BCUT2D eigenvalue weighted by Crippen LogP contribution is 2.15. The molecule has 22 heavy (non-hydrogen) atoms. The summed E-state index contributed by atoms with van der Waals surface area (Å²) in [7, 11) is 0. The predicted molar refractivity (Wildman–Crippen MR) is 106 cm³/mol. The van der Waals surface area contributed by atoms with Gasteiger partial charge in [-0.1, -0.05) is 32.9 Å². The third kappa shape index (κ3) is 8.58. The van der Waals surface area contributed by atoms with Gasteiger partial charge in [-0.3, -0.25) is 4.99 Å². The SMILES string of the molecule is CCc1ccc(NC(N)=NCC(CCO)CC(C)C)cc1.I. The standard InChI is InChI=1S/C17H29N3O.HI/c1-4-14-5-7-16(8-6-14)20-17(18)19-12-15(9-10-21)11-13(2)3;/h5-8,13,15,21H,4,9-12H2,1-3H3,(H3,18,19,20);1H. The Hall–Kier alpha value is -0.820. The van der Waals surface area contributed by atoms with Gasteiger partial charge in [-0.05, 0) is 48.8 Å². The number of aliphatic imine (C=N–C) groups is 1. The summed E-state index contributed by atoms with van der Waals surface area (Å²) in [5.74, 6) is 1.43. The maximum absolute atomic E-state index is 9.10. The van der Waals surface area contributed by atoms with E-state index < -0.39 is 0 Å². The number of hydrogen-bond donors (Lipinski definition) is 3. The van der Waals surface area contributed by atoms with Gasteiger partial charge >= 0.3 is 0 Å². The normalized spacial score (nSPS) is 12.9. The second-order valence-electron chi connectivity index (χ2n) is 5.91. The van der Waals surface area contributed by atoms with Crippen LogP contribution < -0.4 is 11.1 Å².